The molecular formula is C20H21NO5. The number of para-hydroxylation sites is 2. The van der Waals surface area contributed by atoms with Crippen LogP contribution in [0.1, 0.15) is 5.56 Å². The molecule has 0 saturated heterocycles. The van der Waals surface area contributed by atoms with Crippen molar-refractivity contribution in [1.29, 1.82) is 0 Å². The standard InChI is InChI=1S/C20H21NO5/c1-23-16-9-7-14(11-19(16)24-2)8-10-20(22)21-12-15-13-25-17-5-3-4-6-18(17)26-15/h3-11,15H,12-13H2,1-2H3,(H,21,22)/b10-8+/t15-/m1/s1. The molecule has 0 saturated carbocycles. The molecule has 0 spiro atoms. The first-order chi connectivity index (χ1) is 12.7. The van der Waals surface area contributed by atoms with Crippen molar-refractivity contribution in [2.75, 3.05) is 27.4 Å². The molecule has 0 bridgehead atoms. The van der Waals surface area contributed by atoms with E-state index in [1.807, 2.05) is 30.3 Å². The van der Waals surface area contributed by atoms with E-state index in [9.17, 15) is 4.79 Å². The number of benzene rings is 2. The zero-order valence-electron chi connectivity index (χ0n) is 14.7. The third-order valence-corrected chi connectivity index (χ3v) is 3.91. The number of nitrogens with one attached hydrogen (secondary N) is 1. The van der Waals surface area contributed by atoms with Crippen LogP contribution in [0.3, 0.4) is 0 Å². The Morgan fingerprint density at radius 3 is 2.69 bits per heavy atom. The van der Waals surface area contributed by atoms with Crippen molar-refractivity contribution >= 4 is 12.0 Å². The minimum Gasteiger partial charge on any atom is -0.493 e. The normalized spacial score (nSPS) is 15.5. The Balaban J connectivity index is 1.52. The van der Waals surface area contributed by atoms with Crippen LogP contribution in [0.2, 0.25) is 0 Å². The van der Waals surface area contributed by atoms with Crippen molar-refractivity contribution in [2.24, 2.45) is 0 Å². The maximum Gasteiger partial charge on any atom is 0.244 e. The number of carbonyl (C=O) groups is 1. The molecule has 1 N–H and O–H groups in total. The lowest BCUT2D eigenvalue weighted by Crippen LogP contribution is -2.40. The molecule has 1 aliphatic rings. The first-order valence-corrected chi connectivity index (χ1v) is 8.26. The second-order valence-corrected chi connectivity index (χ2v) is 5.69. The van der Waals surface area contributed by atoms with Gasteiger partial charge in [-0.1, -0.05) is 18.2 Å². The van der Waals surface area contributed by atoms with Crippen LogP contribution in [0.5, 0.6) is 23.0 Å². The fraction of sp³-hybridized carbons (Fsp3) is 0.250. The largest absolute Gasteiger partial charge is 0.493 e. The van der Waals surface area contributed by atoms with Gasteiger partial charge in [0.25, 0.3) is 0 Å². The van der Waals surface area contributed by atoms with Crippen LogP contribution in [0.4, 0.5) is 0 Å². The summed E-state index contributed by atoms with van der Waals surface area (Å²) >= 11 is 0. The first kappa shape index (κ1) is 17.7. The fourth-order valence-electron chi connectivity index (χ4n) is 2.57. The zero-order chi connectivity index (χ0) is 18.4. The van der Waals surface area contributed by atoms with Gasteiger partial charge >= 0.3 is 0 Å². The molecule has 0 aliphatic carbocycles. The van der Waals surface area contributed by atoms with Gasteiger partial charge in [-0.25, -0.2) is 0 Å². The smallest absolute Gasteiger partial charge is 0.244 e. The lowest BCUT2D eigenvalue weighted by Gasteiger charge is -2.26. The molecule has 1 aliphatic heterocycles. The first-order valence-electron chi connectivity index (χ1n) is 8.26. The molecule has 6 heteroatoms. The second-order valence-electron chi connectivity index (χ2n) is 5.69. The Morgan fingerprint density at radius 2 is 1.92 bits per heavy atom. The van der Waals surface area contributed by atoms with Crippen molar-refractivity contribution in [1.82, 2.24) is 5.32 Å². The SMILES string of the molecule is COc1ccc(/C=C/C(=O)NC[C@@H]2COc3ccccc3O2)cc1OC. The van der Waals surface area contributed by atoms with Gasteiger partial charge in [0.1, 0.15) is 12.7 Å². The molecule has 6 nitrogen and oxygen atoms in total. The molecule has 136 valence electrons. The lowest BCUT2D eigenvalue weighted by molar-refractivity contribution is -0.116. The molecule has 2 aromatic carbocycles. The Morgan fingerprint density at radius 1 is 1.15 bits per heavy atom. The van der Waals surface area contributed by atoms with Crippen molar-refractivity contribution in [2.45, 2.75) is 6.10 Å². The van der Waals surface area contributed by atoms with Crippen molar-refractivity contribution in [3.8, 4) is 23.0 Å². The molecule has 0 unspecified atom stereocenters. The average molecular weight is 355 g/mol. The van der Waals surface area contributed by atoms with Gasteiger partial charge in [-0.3, -0.25) is 4.79 Å². The summed E-state index contributed by atoms with van der Waals surface area (Å²) in [5, 5.41) is 2.82. The van der Waals surface area contributed by atoms with Crippen LogP contribution in [-0.4, -0.2) is 39.4 Å². The van der Waals surface area contributed by atoms with Crippen LogP contribution in [0, 0.1) is 0 Å². The number of fused-ring (bicyclic) bond motifs is 1. The molecule has 1 heterocycles. The molecule has 2 aromatic rings. The summed E-state index contributed by atoms with van der Waals surface area (Å²) in [4.78, 5) is 12.0. The summed E-state index contributed by atoms with van der Waals surface area (Å²) in [6.45, 7) is 0.764. The number of carbonyl (C=O) groups excluding carboxylic acids is 1. The third-order valence-electron chi connectivity index (χ3n) is 3.91. The van der Waals surface area contributed by atoms with E-state index in [0.717, 1.165) is 11.3 Å². The van der Waals surface area contributed by atoms with E-state index in [2.05, 4.69) is 5.32 Å². The molecule has 1 amide bonds. The zero-order valence-corrected chi connectivity index (χ0v) is 14.7. The van der Waals surface area contributed by atoms with Gasteiger partial charge < -0.3 is 24.3 Å². The van der Waals surface area contributed by atoms with E-state index in [1.54, 1.807) is 32.4 Å². The Hall–Kier alpha value is -3.15. The Bertz CT molecular complexity index is 803. The molecule has 0 radical (unpaired) electrons. The van der Waals surface area contributed by atoms with E-state index in [0.29, 0.717) is 30.4 Å². The average Bonchev–Trinajstić information content (AvgIpc) is 2.70. The highest BCUT2D eigenvalue weighted by molar-refractivity contribution is 5.91. The van der Waals surface area contributed by atoms with Gasteiger partial charge in [0.05, 0.1) is 20.8 Å². The summed E-state index contributed by atoms with van der Waals surface area (Å²) < 4.78 is 21.9. The van der Waals surface area contributed by atoms with Crippen LogP contribution < -0.4 is 24.3 Å². The highest BCUT2D eigenvalue weighted by atomic mass is 16.6. The van der Waals surface area contributed by atoms with Gasteiger partial charge in [0, 0.05) is 6.08 Å². The molecule has 0 fully saturated rings. The molecule has 3 rings (SSSR count). The van der Waals surface area contributed by atoms with E-state index < -0.39 is 0 Å². The predicted octanol–water partition coefficient (Wildman–Crippen LogP) is 2.67. The minimum absolute atomic E-state index is 0.206. The monoisotopic (exact) mass is 355 g/mol. The van der Waals surface area contributed by atoms with Crippen molar-refractivity contribution < 1.29 is 23.7 Å². The summed E-state index contributed by atoms with van der Waals surface area (Å²) in [7, 11) is 3.15. The third kappa shape index (κ3) is 4.27. The Labute approximate surface area is 152 Å². The Kier molecular flexibility index (Phi) is 5.63. The van der Waals surface area contributed by atoms with Gasteiger partial charge in [0.2, 0.25) is 5.91 Å². The number of amides is 1. The second kappa shape index (κ2) is 8.29. The lowest BCUT2D eigenvalue weighted by atomic mass is 10.2. The van der Waals surface area contributed by atoms with Gasteiger partial charge in [-0.05, 0) is 35.9 Å². The van der Waals surface area contributed by atoms with Crippen LogP contribution in [0.25, 0.3) is 6.08 Å². The van der Waals surface area contributed by atoms with Crippen LogP contribution >= 0.6 is 0 Å². The summed E-state index contributed by atoms with van der Waals surface area (Å²) in [6, 6.07) is 12.9. The number of rotatable bonds is 6. The van der Waals surface area contributed by atoms with E-state index in [-0.39, 0.29) is 12.0 Å². The summed E-state index contributed by atoms with van der Waals surface area (Å²) in [6.07, 6.45) is 2.97. The molecule has 26 heavy (non-hydrogen) atoms. The number of hydrogen-bond donors (Lipinski definition) is 1. The van der Waals surface area contributed by atoms with E-state index in [4.69, 9.17) is 18.9 Å². The van der Waals surface area contributed by atoms with E-state index >= 15 is 0 Å². The topological polar surface area (TPSA) is 66.0 Å². The maximum absolute atomic E-state index is 12.0. The van der Waals surface area contributed by atoms with Crippen LogP contribution in [-0.2, 0) is 4.79 Å². The minimum atomic E-state index is -0.219. The van der Waals surface area contributed by atoms with Gasteiger partial charge in [0.15, 0.2) is 23.0 Å². The van der Waals surface area contributed by atoms with Crippen molar-refractivity contribution in [3.63, 3.8) is 0 Å². The van der Waals surface area contributed by atoms with Gasteiger partial charge in [-0.2, -0.15) is 0 Å². The number of hydrogen-bond acceptors (Lipinski definition) is 5. The van der Waals surface area contributed by atoms with Crippen molar-refractivity contribution in [3.05, 3.63) is 54.1 Å². The van der Waals surface area contributed by atoms with E-state index in [1.165, 1.54) is 6.08 Å². The summed E-state index contributed by atoms with van der Waals surface area (Å²) in [5.41, 5.74) is 0.837. The maximum atomic E-state index is 12.0. The highest BCUT2D eigenvalue weighted by Gasteiger charge is 2.20. The quantitative estimate of drug-likeness (QED) is 0.807. The van der Waals surface area contributed by atoms with Crippen LogP contribution in [0.15, 0.2) is 48.5 Å². The number of ether oxygens (including phenoxy) is 4. The van der Waals surface area contributed by atoms with Gasteiger partial charge in [-0.15, -0.1) is 0 Å². The fourth-order valence-corrected chi connectivity index (χ4v) is 2.57. The molecule has 0 aromatic heterocycles. The predicted molar refractivity (Wildman–Crippen MR) is 97.9 cm³/mol. The molecular weight excluding hydrogens is 334 g/mol. The summed E-state index contributed by atoms with van der Waals surface area (Å²) in [5.74, 6) is 2.47. The molecule has 1 atom stereocenters. The number of methoxy groups -OCH3 is 2. The highest BCUT2D eigenvalue weighted by Crippen LogP contribution is 2.30.